The summed E-state index contributed by atoms with van der Waals surface area (Å²) in [5, 5.41) is 4.23. The number of hydrogen-bond acceptors (Lipinski definition) is 5. The maximum absolute atomic E-state index is 13.0. The van der Waals surface area contributed by atoms with E-state index in [2.05, 4.69) is 24.9 Å². The molecule has 2 aromatic carbocycles. The summed E-state index contributed by atoms with van der Waals surface area (Å²) in [6.45, 7) is 6.81. The van der Waals surface area contributed by atoms with E-state index in [0.29, 0.717) is 30.3 Å². The molecule has 0 bridgehead atoms. The van der Waals surface area contributed by atoms with Crippen LogP contribution in [0.1, 0.15) is 51.7 Å². The molecule has 33 heavy (non-hydrogen) atoms. The summed E-state index contributed by atoms with van der Waals surface area (Å²) in [6, 6.07) is 16.9. The van der Waals surface area contributed by atoms with Crippen LogP contribution in [-0.2, 0) is 14.4 Å². The van der Waals surface area contributed by atoms with Gasteiger partial charge >= 0.3 is 5.97 Å². The summed E-state index contributed by atoms with van der Waals surface area (Å²) < 4.78 is 11.7. The third-order valence-corrected chi connectivity index (χ3v) is 6.57. The average molecular weight is 446 g/mol. The van der Waals surface area contributed by atoms with Gasteiger partial charge in [0, 0.05) is 5.56 Å². The molecule has 2 aliphatic rings. The highest BCUT2D eigenvalue weighted by atomic mass is 16.6. The largest absolute Gasteiger partial charge is 0.457 e. The van der Waals surface area contributed by atoms with Crippen LogP contribution in [0.3, 0.4) is 0 Å². The highest BCUT2D eigenvalue weighted by Crippen LogP contribution is 2.60. The molecule has 172 valence electrons. The Morgan fingerprint density at radius 1 is 1.15 bits per heavy atom. The minimum atomic E-state index is -0.773. The van der Waals surface area contributed by atoms with Gasteiger partial charge in [-0.05, 0) is 67.7 Å². The van der Waals surface area contributed by atoms with E-state index in [9.17, 15) is 4.79 Å². The van der Waals surface area contributed by atoms with Crippen molar-refractivity contribution in [3.05, 3.63) is 60.2 Å². The predicted molar refractivity (Wildman–Crippen MR) is 128 cm³/mol. The van der Waals surface area contributed by atoms with Crippen molar-refractivity contribution in [2.24, 2.45) is 28.3 Å². The molecule has 0 radical (unpaired) electrons. The van der Waals surface area contributed by atoms with Crippen LogP contribution >= 0.6 is 0 Å². The molecular weight excluding hydrogens is 414 g/mol. The molecule has 2 aliphatic carbocycles. The minimum Gasteiger partial charge on any atom is -0.457 e. The number of oxime groups is 1. The number of rotatable bonds is 10. The van der Waals surface area contributed by atoms with Crippen molar-refractivity contribution < 1.29 is 19.1 Å². The van der Waals surface area contributed by atoms with Gasteiger partial charge in [-0.2, -0.15) is 0 Å². The average Bonchev–Trinajstić information content (AvgIpc) is 3.70. The second-order valence-electron chi connectivity index (χ2n) is 9.65. The summed E-state index contributed by atoms with van der Waals surface area (Å²) in [7, 11) is 0. The van der Waals surface area contributed by atoms with Crippen molar-refractivity contribution in [1.82, 2.24) is 0 Å². The normalized spacial score (nSPS) is 22.1. The van der Waals surface area contributed by atoms with Crippen LogP contribution in [0.2, 0.25) is 0 Å². The molecule has 0 N–H and O–H groups in total. The van der Waals surface area contributed by atoms with Gasteiger partial charge in [-0.15, -0.1) is 6.42 Å². The van der Waals surface area contributed by atoms with Crippen molar-refractivity contribution in [1.29, 1.82) is 0 Å². The van der Waals surface area contributed by atoms with E-state index in [-0.39, 0.29) is 23.2 Å². The molecule has 0 amide bonds. The summed E-state index contributed by atoms with van der Waals surface area (Å²) in [5.41, 5.74) is 1.45. The molecule has 0 saturated heterocycles. The number of nitrogens with zero attached hydrogens (tertiary/aromatic N) is 1. The molecule has 0 spiro atoms. The Balaban J connectivity index is 1.36. The van der Waals surface area contributed by atoms with Crippen LogP contribution in [0.25, 0.3) is 0 Å². The first kappa shape index (κ1) is 22.9. The number of carbonyl (C=O) groups excluding carboxylic acids is 1. The first-order valence-corrected chi connectivity index (χ1v) is 11.5. The van der Waals surface area contributed by atoms with E-state index in [4.69, 9.17) is 20.7 Å². The standard InChI is InChI=1S/C28H31NO4/c1-5-25(21-10-9-13-23(17-21)32-22-11-7-6-8-12-22)33-27(30)26-24(28(26,3)4)16-19(2)29-31-18-20-14-15-20/h1,6-13,17,20,24-26H,14-16,18H2,2-4H3/b29-19-. The van der Waals surface area contributed by atoms with Crippen molar-refractivity contribution in [3.63, 3.8) is 0 Å². The zero-order valence-corrected chi connectivity index (χ0v) is 19.5. The maximum Gasteiger partial charge on any atom is 0.311 e. The van der Waals surface area contributed by atoms with Gasteiger partial charge in [0.1, 0.15) is 18.1 Å². The van der Waals surface area contributed by atoms with Crippen molar-refractivity contribution >= 4 is 11.7 Å². The smallest absolute Gasteiger partial charge is 0.311 e. The van der Waals surface area contributed by atoms with E-state index in [0.717, 1.165) is 11.5 Å². The topological polar surface area (TPSA) is 57.1 Å². The number of para-hydroxylation sites is 1. The first-order valence-electron chi connectivity index (χ1n) is 11.5. The predicted octanol–water partition coefficient (Wildman–Crippen LogP) is 6.16. The Morgan fingerprint density at radius 2 is 1.88 bits per heavy atom. The van der Waals surface area contributed by atoms with Crippen molar-refractivity contribution in [2.45, 2.75) is 46.1 Å². The van der Waals surface area contributed by atoms with Gasteiger partial charge in [-0.25, -0.2) is 0 Å². The molecule has 0 aromatic heterocycles. The van der Waals surface area contributed by atoms with E-state index in [1.165, 1.54) is 12.8 Å². The van der Waals surface area contributed by atoms with E-state index >= 15 is 0 Å². The molecule has 2 aromatic rings. The molecule has 3 atom stereocenters. The lowest BCUT2D eigenvalue weighted by molar-refractivity contribution is -0.149. The minimum absolute atomic E-state index is 0.157. The van der Waals surface area contributed by atoms with Gasteiger partial charge < -0.3 is 14.3 Å². The Hall–Kier alpha value is -3.26. The molecule has 2 saturated carbocycles. The fraction of sp³-hybridized carbons (Fsp3) is 0.429. The lowest BCUT2D eigenvalue weighted by Crippen LogP contribution is -2.15. The van der Waals surface area contributed by atoms with E-state index < -0.39 is 6.10 Å². The van der Waals surface area contributed by atoms with E-state index in [1.807, 2.05) is 61.5 Å². The van der Waals surface area contributed by atoms with Crippen LogP contribution in [-0.4, -0.2) is 18.3 Å². The van der Waals surface area contributed by atoms with E-state index in [1.54, 1.807) is 0 Å². The summed E-state index contributed by atoms with van der Waals surface area (Å²) >= 11 is 0. The molecule has 2 fully saturated rings. The lowest BCUT2D eigenvalue weighted by atomic mass is 10.1. The van der Waals surface area contributed by atoms with Gasteiger partial charge in [0.05, 0.1) is 11.6 Å². The van der Waals surface area contributed by atoms with Gasteiger partial charge in [0.2, 0.25) is 0 Å². The van der Waals surface area contributed by atoms with Crippen molar-refractivity contribution in [3.8, 4) is 23.8 Å². The number of hydrogen-bond donors (Lipinski definition) is 0. The first-order chi connectivity index (χ1) is 15.9. The SMILES string of the molecule is C#CC(OC(=O)C1C(C/C(C)=N\OCC2CC2)C1(C)C)c1cccc(Oc2ccccc2)c1. The van der Waals surface area contributed by atoms with Crippen LogP contribution in [0.4, 0.5) is 0 Å². The molecule has 5 heteroatoms. The Kier molecular flexibility index (Phi) is 6.74. The molecular formula is C28H31NO4. The van der Waals surface area contributed by atoms with Gasteiger partial charge in [0.15, 0.2) is 6.10 Å². The number of carbonyl (C=O) groups is 1. The fourth-order valence-electron chi connectivity index (χ4n) is 4.24. The number of ether oxygens (including phenoxy) is 2. The van der Waals surface area contributed by atoms with Crippen molar-refractivity contribution in [2.75, 3.05) is 6.61 Å². The Morgan fingerprint density at radius 3 is 2.58 bits per heavy atom. The summed E-state index contributed by atoms with van der Waals surface area (Å²) in [6.07, 6.45) is 8.14. The highest BCUT2D eigenvalue weighted by molar-refractivity contribution is 5.85. The molecule has 5 nitrogen and oxygen atoms in total. The highest BCUT2D eigenvalue weighted by Gasteiger charge is 2.62. The zero-order chi connectivity index (χ0) is 23.4. The van der Waals surface area contributed by atoms with Crippen LogP contribution in [0.5, 0.6) is 11.5 Å². The summed E-state index contributed by atoms with van der Waals surface area (Å²) in [4.78, 5) is 18.5. The second-order valence-corrected chi connectivity index (χ2v) is 9.65. The summed E-state index contributed by atoms with van der Waals surface area (Å²) in [5.74, 6) is 4.31. The maximum atomic E-state index is 13.0. The lowest BCUT2D eigenvalue weighted by Gasteiger charge is -2.15. The Labute approximate surface area is 196 Å². The third kappa shape index (κ3) is 5.76. The van der Waals surface area contributed by atoms with Crippen LogP contribution in [0, 0.1) is 35.5 Å². The fourth-order valence-corrected chi connectivity index (χ4v) is 4.24. The molecule has 0 aliphatic heterocycles. The van der Waals surface area contributed by atoms with Gasteiger partial charge in [-0.3, -0.25) is 4.79 Å². The second kappa shape index (κ2) is 9.70. The van der Waals surface area contributed by atoms with Crippen LogP contribution < -0.4 is 4.74 Å². The number of benzene rings is 2. The third-order valence-electron chi connectivity index (χ3n) is 6.57. The Bertz CT molecular complexity index is 1050. The molecule has 4 rings (SSSR count). The number of terminal acetylenes is 1. The quantitative estimate of drug-likeness (QED) is 0.190. The van der Waals surface area contributed by atoms with Gasteiger partial charge in [0.25, 0.3) is 0 Å². The zero-order valence-electron chi connectivity index (χ0n) is 19.5. The molecule has 3 unspecified atom stereocenters. The molecule has 0 heterocycles. The monoisotopic (exact) mass is 445 g/mol. The number of esters is 1. The van der Waals surface area contributed by atoms with Crippen LogP contribution in [0.15, 0.2) is 59.8 Å². The van der Waals surface area contributed by atoms with Gasteiger partial charge in [-0.1, -0.05) is 55.3 Å².